The topological polar surface area (TPSA) is 135 Å². The third kappa shape index (κ3) is 8.74. The van der Waals surface area contributed by atoms with E-state index in [4.69, 9.17) is 23.7 Å². The van der Waals surface area contributed by atoms with E-state index >= 15 is 0 Å². The zero-order valence-corrected chi connectivity index (χ0v) is 19.4. The van der Waals surface area contributed by atoms with E-state index in [9.17, 15) is 24.3 Å². The molecular weight excluding hydrogens is 424 g/mol. The summed E-state index contributed by atoms with van der Waals surface area (Å²) < 4.78 is 26.9. The Kier molecular flexibility index (Phi) is 12.2. The van der Waals surface area contributed by atoms with E-state index in [-0.39, 0.29) is 32.3 Å². The first kappa shape index (κ1) is 27.8. The SMILES string of the molecule is CCCC(=O)OCC1(O)OC[C@@H](OC(=O)CCC)[C@H](OC(=O)CCC)[C@@H]1OC(=O)CCC. The molecule has 1 N–H and O–H groups in total. The monoisotopic (exact) mass is 460 g/mol. The Balaban J connectivity index is 3.21. The molecule has 0 aromatic rings. The summed E-state index contributed by atoms with van der Waals surface area (Å²) in [6, 6.07) is 0. The summed E-state index contributed by atoms with van der Waals surface area (Å²) in [5, 5.41) is 11.1. The van der Waals surface area contributed by atoms with Crippen molar-refractivity contribution in [3.8, 4) is 0 Å². The second-order valence-corrected chi connectivity index (χ2v) is 7.71. The maximum atomic E-state index is 12.3. The van der Waals surface area contributed by atoms with Crippen molar-refractivity contribution in [3.63, 3.8) is 0 Å². The first-order chi connectivity index (χ1) is 15.2. The second-order valence-electron chi connectivity index (χ2n) is 7.71. The van der Waals surface area contributed by atoms with Crippen molar-refractivity contribution >= 4 is 23.9 Å². The number of carbonyl (C=O) groups excluding carboxylic acids is 4. The lowest BCUT2D eigenvalue weighted by molar-refractivity contribution is -0.336. The van der Waals surface area contributed by atoms with Crippen LogP contribution in [0.3, 0.4) is 0 Å². The number of esters is 4. The van der Waals surface area contributed by atoms with E-state index in [0.29, 0.717) is 25.7 Å². The van der Waals surface area contributed by atoms with Crippen LogP contribution in [0.1, 0.15) is 79.1 Å². The zero-order valence-electron chi connectivity index (χ0n) is 19.4. The maximum Gasteiger partial charge on any atom is 0.306 e. The molecule has 0 bridgehead atoms. The van der Waals surface area contributed by atoms with Crippen molar-refractivity contribution in [1.82, 2.24) is 0 Å². The van der Waals surface area contributed by atoms with Gasteiger partial charge in [-0.25, -0.2) is 0 Å². The number of hydrogen-bond acceptors (Lipinski definition) is 10. The highest BCUT2D eigenvalue weighted by molar-refractivity contribution is 5.72. The van der Waals surface area contributed by atoms with E-state index in [0.717, 1.165) is 0 Å². The zero-order chi connectivity index (χ0) is 24.1. The quantitative estimate of drug-likeness (QED) is 0.322. The fraction of sp³-hybridized carbons (Fsp3) is 0.818. The fourth-order valence-corrected chi connectivity index (χ4v) is 3.09. The molecule has 4 atom stereocenters. The van der Waals surface area contributed by atoms with Gasteiger partial charge in [0, 0.05) is 25.7 Å². The molecule has 1 fully saturated rings. The van der Waals surface area contributed by atoms with Gasteiger partial charge in [-0.05, 0) is 25.7 Å². The third-order valence-corrected chi connectivity index (χ3v) is 4.67. The van der Waals surface area contributed by atoms with E-state index in [1.54, 1.807) is 27.7 Å². The van der Waals surface area contributed by atoms with Gasteiger partial charge in [0.05, 0.1) is 6.61 Å². The van der Waals surface area contributed by atoms with Crippen molar-refractivity contribution in [2.75, 3.05) is 13.2 Å². The molecule has 0 radical (unpaired) electrons. The van der Waals surface area contributed by atoms with Gasteiger partial charge in [-0.15, -0.1) is 0 Å². The largest absolute Gasteiger partial charge is 0.460 e. The summed E-state index contributed by atoms with van der Waals surface area (Å²) in [6.07, 6.45) is -1.57. The Morgan fingerprint density at radius 1 is 0.781 bits per heavy atom. The van der Waals surface area contributed by atoms with Crippen LogP contribution in [-0.2, 0) is 42.9 Å². The Morgan fingerprint density at radius 2 is 1.25 bits per heavy atom. The minimum absolute atomic E-state index is 0.0398. The highest BCUT2D eigenvalue weighted by Crippen LogP contribution is 2.32. The molecule has 184 valence electrons. The molecule has 0 aromatic carbocycles. The number of carbonyl (C=O) groups is 4. The van der Waals surface area contributed by atoms with Gasteiger partial charge >= 0.3 is 23.9 Å². The number of hydrogen-bond donors (Lipinski definition) is 1. The van der Waals surface area contributed by atoms with Gasteiger partial charge in [0.15, 0.2) is 18.3 Å². The molecule has 10 nitrogen and oxygen atoms in total. The summed E-state index contributed by atoms with van der Waals surface area (Å²) in [7, 11) is 0. The molecular formula is C22H36O10. The average molecular weight is 461 g/mol. The lowest BCUT2D eigenvalue weighted by Gasteiger charge is -2.45. The summed E-state index contributed by atoms with van der Waals surface area (Å²) in [5.41, 5.74) is 0. The van der Waals surface area contributed by atoms with Crippen LogP contribution in [0, 0.1) is 0 Å². The summed E-state index contributed by atoms with van der Waals surface area (Å²) >= 11 is 0. The van der Waals surface area contributed by atoms with Crippen LogP contribution >= 0.6 is 0 Å². The van der Waals surface area contributed by atoms with E-state index < -0.39 is 54.6 Å². The first-order valence-electron chi connectivity index (χ1n) is 11.3. The highest BCUT2D eigenvalue weighted by atomic mass is 16.7. The number of aliphatic hydroxyl groups is 1. The van der Waals surface area contributed by atoms with Crippen molar-refractivity contribution in [1.29, 1.82) is 0 Å². The van der Waals surface area contributed by atoms with Crippen molar-refractivity contribution in [2.24, 2.45) is 0 Å². The molecule has 1 rings (SSSR count). The van der Waals surface area contributed by atoms with Crippen LogP contribution in [0.2, 0.25) is 0 Å². The number of ether oxygens (including phenoxy) is 5. The minimum atomic E-state index is -2.28. The third-order valence-electron chi connectivity index (χ3n) is 4.67. The molecule has 0 amide bonds. The van der Waals surface area contributed by atoms with Crippen molar-refractivity contribution in [3.05, 3.63) is 0 Å². The van der Waals surface area contributed by atoms with Gasteiger partial charge in [-0.1, -0.05) is 27.7 Å². The average Bonchev–Trinajstić information content (AvgIpc) is 2.72. The molecule has 1 heterocycles. The summed E-state index contributed by atoms with van der Waals surface area (Å²) in [6.45, 7) is 6.16. The van der Waals surface area contributed by atoms with Crippen LogP contribution in [0.5, 0.6) is 0 Å². The fourth-order valence-electron chi connectivity index (χ4n) is 3.09. The molecule has 0 aliphatic carbocycles. The normalized spacial score (nSPS) is 25.0. The van der Waals surface area contributed by atoms with Crippen LogP contribution in [0.25, 0.3) is 0 Å². The smallest absolute Gasteiger partial charge is 0.306 e. The minimum Gasteiger partial charge on any atom is -0.460 e. The molecule has 1 aliphatic heterocycles. The molecule has 1 unspecified atom stereocenters. The molecule has 10 heteroatoms. The van der Waals surface area contributed by atoms with Gasteiger partial charge in [0.25, 0.3) is 0 Å². The second kappa shape index (κ2) is 14.1. The van der Waals surface area contributed by atoms with Crippen molar-refractivity contribution < 1.29 is 48.0 Å². The standard InChI is InChI=1S/C22H36O10/c1-5-9-16(23)28-14-22(27)21(32-19(26)12-8-4)20(31-18(25)11-7-3)15(13-29-22)30-17(24)10-6-2/h15,20-21,27H,5-14H2,1-4H3/t15-,20+,21+,22?/m1/s1. The Labute approximate surface area is 188 Å². The van der Waals surface area contributed by atoms with E-state index in [1.165, 1.54) is 0 Å². The lowest BCUT2D eigenvalue weighted by atomic mass is 9.96. The molecule has 0 aromatic heterocycles. The summed E-state index contributed by atoms with van der Waals surface area (Å²) in [4.78, 5) is 48.5. The van der Waals surface area contributed by atoms with Gasteiger partial charge in [-0.3, -0.25) is 19.2 Å². The number of rotatable bonds is 13. The molecule has 0 spiro atoms. The molecule has 0 saturated carbocycles. The van der Waals surface area contributed by atoms with Gasteiger partial charge in [0.1, 0.15) is 6.61 Å². The van der Waals surface area contributed by atoms with Crippen LogP contribution in [-0.4, -0.2) is 66.3 Å². The summed E-state index contributed by atoms with van der Waals surface area (Å²) in [5.74, 6) is -4.68. The highest BCUT2D eigenvalue weighted by Gasteiger charge is 2.56. The van der Waals surface area contributed by atoms with Gasteiger partial charge in [0.2, 0.25) is 5.79 Å². The Bertz CT molecular complexity index is 634. The van der Waals surface area contributed by atoms with E-state index in [2.05, 4.69) is 0 Å². The molecule has 32 heavy (non-hydrogen) atoms. The first-order valence-corrected chi connectivity index (χ1v) is 11.3. The van der Waals surface area contributed by atoms with Crippen LogP contribution in [0.4, 0.5) is 0 Å². The molecule has 1 aliphatic rings. The molecule has 1 saturated heterocycles. The Hall–Kier alpha value is -2.20. The van der Waals surface area contributed by atoms with Gasteiger partial charge in [-0.2, -0.15) is 0 Å². The predicted molar refractivity (Wildman–Crippen MR) is 111 cm³/mol. The van der Waals surface area contributed by atoms with Crippen LogP contribution in [0.15, 0.2) is 0 Å². The Morgan fingerprint density at radius 3 is 1.78 bits per heavy atom. The predicted octanol–water partition coefficient (Wildman–Crippen LogP) is 2.18. The van der Waals surface area contributed by atoms with Gasteiger partial charge < -0.3 is 28.8 Å². The van der Waals surface area contributed by atoms with Crippen LogP contribution < -0.4 is 0 Å². The lowest BCUT2D eigenvalue weighted by Crippen LogP contribution is -2.66. The van der Waals surface area contributed by atoms with E-state index in [1.807, 2.05) is 0 Å². The van der Waals surface area contributed by atoms with Crippen molar-refractivity contribution in [2.45, 2.75) is 103 Å². The maximum absolute atomic E-state index is 12.3.